The Hall–Kier alpha value is -1.90. The molecule has 22 heavy (non-hydrogen) atoms. The van der Waals surface area contributed by atoms with Crippen molar-refractivity contribution in [1.82, 2.24) is 9.88 Å². The summed E-state index contributed by atoms with van der Waals surface area (Å²) in [6, 6.07) is 5.54. The summed E-state index contributed by atoms with van der Waals surface area (Å²) in [5.41, 5.74) is 0.541. The first-order chi connectivity index (χ1) is 10.8. The number of rotatable bonds is 7. The quantitative estimate of drug-likeness (QED) is 0.724. The van der Waals surface area contributed by atoms with Gasteiger partial charge >= 0.3 is 0 Å². The second-order valence-electron chi connectivity index (χ2n) is 5.37. The van der Waals surface area contributed by atoms with Gasteiger partial charge in [0.25, 0.3) is 0 Å². The fourth-order valence-corrected chi connectivity index (χ4v) is 2.45. The topological polar surface area (TPSA) is 58.4 Å². The average Bonchev–Trinajstić information content (AvgIpc) is 2.82. The highest BCUT2D eigenvalue weighted by molar-refractivity contribution is 5.28. The Morgan fingerprint density at radius 3 is 3.09 bits per heavy atom. The lowest BCUT2D eigenvalue weighted by atomic mass is 10.1. The molecule has 1 aromatic heterocycles. The Morgan fingerprint density at radius 1 is 1.45 bits per heavy atom. The molecule has 0 N–H and O–H groups in total. The van der Waals surface area contributed by atoms with Gasteiger partial charge in [-0.05, 0) is 25.3 Å². The van der Waals surface area contributed by atoms with Crippen LogP contribution < -0.4 is 4.74 Å². The van der Waals surface area contributed by atoms with Gasteiger partial charge in [0.2, 0.25) is 5.88 Å². The molecule has 0 aromatic carbocycles. The molecular formula is C17H23N3O2. The largest absolute Gasteiger partial charge is 0.473 e. The number of aromatic nitrogens is 1. The monoisotopic (exact) mass is 301 g/mol. The summed E-state index contributed by atoms with van der Waals surface area (Å²) in [4.78, 5) is 6.57. The highest BCUT2D eigenvalue weighted by Crippen LogP contribution is 2.14. The molecule has 1 aliphatic rings. The summed E-state index contributed by atoms with van der Waals surface area (Å²) in [7, 11) is 0. The van der Waals surface area contributed by atoms with Crippen LogP contribution in [0.15, 0.2) is 31.0 Å². The molecule has 5 heteroatoms. The van der Waals surface area contributed by atoms with Crippen molar-refractivity contribution in [1.29, 1.82) is 5.26 Å². The number of hydrogen-bond acceptors (Lipinski definition) is 5. The standard InChI is InChI=1S/C17H23N3O2/c1-2-3-5-16(14-20-8-4-10-21-11-9-20)22-17-7-6-15(12-18)13-19-17/h2,6-7,13,16H,1,3-5,8-11,14H2. The lowest BCUT2D eigenvalue weighted by molar-refractivity contribution is 0.109. The molecule has 1 atom stereocenters. The first kappa shape index (κ1) is 16.5. The number of pyridine rings is 1. The molecule has 0 aliphatic carbocycles. The van der Waals surface area contributed by atoms with E-state index < -0.39 is 0 Å². The van der Waals surface area contributed by atoms with Crippen molar-refractivity contribution in [2.24, 2.45) is 0 Å². The van der Waals surface area contributed by atoms with E-state index in [-0.39, 0.29) is 6.10 Å². The van der Waals surface area contributed by atoms with Crippen LogP contribution in [0.5, 0.6) is 5.88 Å². The molecule has 0 spiro atoms. The van der Waals surface area contributed by atoms with E-state index in [0.29, 0.717) is 11.4 Å². The van der Waals surface area contributed by atoms with Gasteiger partial charge in [0, 0.05) is 38.5 Å². The highest BCUT2D eigenvalue weighted by Gasteiger charge is 2.17. The SMILES string of the molecule is C=CCCC(CN1CCCOCC1)Oc1ccc(C#N)cn1. The highest BCUT2D eigenvalue weighted by atomic mass is 16.5. The van der Waals surface area contributed by atoms with Crippen LogP contribution in [0.3, 0.4) is 0 Å². The Balaban J connectivity index is 1.94. The van der Waals surface area contributed by atoms with E-state index >= 15 is 0 Å². The number of hydrogen-bond donors (Lipinski definition) is 0. The van der Waals surface area contributed by atoms with E-state index in [0.717, 1.165) is 52.1 Å². The maximum absolute atomic E-state index is 8.81. The van der Waals surface area contributed by atoms with Gasteiger partial charge in [-0.15, -0.1) is 6.58 Å². The van der Waals surface area contributed by atoms with Crippen LogP contribution in [0, 0.1) is 11.3 Å². The molecule has 1 unspecified atom stereocenters. The predicted molar refractivity (Wildman–Crippen MR) is 84.7 cm³/mol. The van der Waals surface area contributed by atoms with Crippen molar-refractivity contribution in [3.63, 3.8) is 0 Å². The van der Waals surface area contributed by atoms with Crippen molar-refractivity contribution >= 4 is 0 Å². The molecule has 1 aromatic rings. The van der Waals surface area contributed by atoms with Crippen LogP contribution in [-0.4, -0.2) is 48.8 Å². The fraction of sp³-hybridized carbons (Fsp3) is 0.529. The summed E-state index contributed by atoms with van der Waals surface area (Å²) in [5.74, 6) is 0.569. The summed E-state index contributed by atoms with van der Waals surface area (Å²) in [6.45, 7) is 8.24. The molecular weight excluding hydrogens is 278 g/mol. The van der Waals surface area contributed by atoms with Gasteiger partial charge in [0.1, 0.15) is 12.2 Å². The van der Waals surface area contributed by atoms with E-state index in [1.165, 1.54) is 0 Å². The lowest BCUT2D eigenvalue weighted by Gasteiger charge is -2.26. The van der Waals surface area contributed by atoms with Crippen molar-refractivity contribution in [3.8, 4) is 11.9 Å². The third kappa shape index (κ3) is 5.47. The lowest BCUT2D eigenvalue weighted by Crippen LogP contribution is -2.37. The number of nitrogens with zero attached hydrogens (tertiary/aromatic N) is 3. The maximum atomic E-state index is 8.81. The second-order valence-corrected chi connectivity index (χ2v) is 5.37. The molecule has 1 saturated heterocycles. The number of ether oxygens (including phenoxy) is 2. The van der Waals surface area contributed by atoms with Crippen LogP contribution in [0.25, 0.3) is 0 Å². The van der Waals surface area contributed by atoms with E-state index in [1.807, 2.05) is 6.08 Å². The zero-order valence-electron chi connectivity index (χ0n) is 12.9. The minimum absolute atomic E-state index is 0.0662. The molecule has 2 heterocycles. The third-order valence-electron chi connectivity index (χ3n) is 3.62. The van der Waals surface area contributed by atoms with Gasteiger partial charge < -0.3 is 9.47 Å². The van der Waals surface area contributed by atoms with Gasteiger partial charge in [-0.2, -0.15) is 5.26 Å². The van der Waals surface area contributed by atoms with Crippen LogP contribution in [0.2, 0.25) is 0 Å². The molecule has 0 amide bonds. The Bertz CT molecular complexity index is 488. The molecule has 1 fully saturated rings. The van der Waals surface area contributed by atoms with E-state index in [4.69, 9.17) is 14.7 Å². The minimum atomic E-state index is 0.0662. The zero-order valence-corrected chi connectivity index (χ0v) is 12.9. The van der Waals surface area contributed by atoms with Gasteiger partial charge in [0.15, 0.2) is 0 Å². The smallest absolute Gasteiger partial charge is 0.213 e. The summed E-state index contributed by atoms with van der Waals surface area (Å²) in [6.07, 6.45) is 6.39. The van der Waals surface area contributed by atoms with Crippen LogP contribution in [0.1, 0.15) is 24.8 Å². The van der Waals surface area contributed by atoms with Crippen molar-refractivity contribution in [2.45, 2.75) is 25.4 Å². The Kier molecular flexibility index (Phi) is 6.88. The molecule has 5 nitrogen and oxygen atoms in total. The Labute approximate surface area is 132 Å². The summed E-state index contributed by atoms with van der Waals surface area (Å²) < 4.78 is 11.5. The van der Waals surface area contributed by atoms with Crippen molar-refractivity contribution in [3.05, 3.63) is 36.5 Å². The van der Waals surface area contributed by atoms with E-state index in [9.17, 15) is 0 Å². The Morgan fingerprint density at radius 2 is 2.36 bits per heavy atom. The van der Waals surface area contributed by atoms with Crippen LogP contribution >= 0.6 is 0 Å². The molecule has 0 radical (unpaired) electrons. The molecule has 118 valence electrons. The van der Waals surface area contributed by atoms with E-state index in [2.05, 4.69) is 22.5 Å². The molecule has 0 bridgehead atoms. The number of allylic oxidation sites excluding steroid dienone is 1. The van der Waals surface area contributed by atoms with Crippen molar-refractivity contribution < 1.29 is 9.47 Å². The fourth-order valence-electron chi connectivity index (χ4n) is 2.45. The van der Waals surface area contributed by atoms with Gasteiger partial charge in [0.05, 0.1) is 12.2 Å². The van der Waals surface area contributed by atoms with E-state index in [1.54, 1.807) is 18.3 Å². The molecule has 2 rings (SSSR count). The van der Waals surface area contributed by atoms with Gasteiger partial charge in [-0.25, -0.2) is 4.98 Å². The maximum Gasteiger partial charge on any atom is 0.213 e. The molecule has 1 aliphatic heterocycles. The van der Waals surface area contributed by atoms with Crippen molar-refractivity contribution in [2.75, 3.05) is 32.8 Å². The predicted octanol–water partition coefficient (Wildman–Crippen LogP) is 2.39. The van der Waals surface area contributed by atoms with Crippen LogP contribution in [0.4, 0.5) is 0 Å². The van der Waals surface area contributed by atoms with Gasteiger partial charge in [-0.1, -0.05) is 6.08 Å². The second kappa shape index (κ2) is 9.19. The molecule has 0 saturated carbocycles. The zero-order chi connectivity index (χ0) is 15.6. The third-order valence-corrected chi connectivity index (χ3v) is 3.62. The first-order valence-corrected chi connectivity index (χ1v) is 7.75. The first-order valence-electron chi connectivity index (χ1n) is 7.75. The average molecular weight is 301 g/mol. The minimum Gasteiger partial charge on any atom is -0.473 e. The summed E-state index contributed by atoms with van der Waals surface area (Å²) in [5, 5.41) is 8.81. The van der Waals surface area contributed by atoms with Crippen LogP contribution in [-0.2, 0) is 4.74 Å². The summed E-state index contributed by atoms with van der Waals surface area (Å²) >= 11 is 0. The van der Waals surface area contributed by atoms with Gasteiger partial charge in [-0.3, -0.25) is 4.90 Å². The normalized spacial score (nSPS) is 17.2. The number of nitriles is 1.